The number of benzene rings is 2. The number of anilines is 2. The highest BCUT2D eigenvalue weighted by molar-refractivity contribution is 6.08. The first-order valence-electron chi connectivity index (χ1n) is 16.7. The highest BCUT2D eigenvalue weighted by Gasteiger charge is 2.52. The number of rotatable bonds is 11. The van der Waals surface area contributed by atoms with Crippen LogP contribution < -0.4 is 15.1 Å². The molecule has 47 heavy (non-hydrogen) atoms. The second-order valence-corrected chi connectivity index (χ2v) is 13.2. The van der Waals surface area contributed by atoms with E-state index in [1.807, 2.05) is 42.5 Å². The molecule has 2 aromatic carbocycles. The van der Waals surface area contributed by atoms with E-state index >= 15 is 0 Å². The average Bonchev–Trinajstić information content (AvgIpc) is 3.28. The summed E-state index contributed by atoms with van der Waals surface area (Å²) in [4.78, 5) is 45.2. The first-order chi connectivity index (χ1) is 22.5. The van der Waals surface area contributed by atoms with E-state index in [0.717, 1.165) is 29.5 Å². The van der Waals surface area contributed by atoms with Crippen LogP contribution in [0.2, 0.25) is 0 Å². The summed E-state index contributed by atoms with van der Waals surface area (Å²) in [7, 11) is 0. The van der Waals surface area contributed by atoms with E-state index < -0.39 is 17.4 Å². The number of aliphatic hydroxyl groups excluding tert-OH is 1. The van der Waals surface area contributed by atoms with Crippen molar-refractivity contribution >= 4 is 29.1 Å². The minimum Gasteiger partial charge on any atom is -0.394 e. The number of piperazine rings is 1. The molecule has 0 saturated carbocycles. The third kappa shape index (κ3) is 7.27. The molecule has 9 nitrogen and oxygen atoms in total. The Balaban J connectivity index is 1.38. The molecule has 0 unspecified atom stereocenters. The van der Waals surface area contributed by atoms with E-state index in [1.54, 1.807) is 39.8 Å². The van der Waals surface area contributed by atoms with E-state index in [9.17, 15) is 24.6 Å². The lowest BCUT2D eigenvalue weighted by Gasteiger charge is -2.36. The number of carbonyl (C=O) groups excluding carboxylic acids is 3. The van der Waals surface area contributed by atoms with Gasteiger partial charge in [0.1, 0.15) is 0 Å². The Bertz CT molecular complexity index is 1590. The van der Waals surface area contributed by atoms with Crippen molar-refractivity contribution in [2.24, 2.45) is 5.92 Å². The van der Waals surface area contributed by atoms with Crippen molar-refractivity contribution in [2.45, 2.75) is 71.6 Å². The zero-order chi connectivity index (χ0) is 33.7. The van der Waals surface area contributed by atoms with Crippen LogP contribution in [-0.2, 0) is 33.0 Å². The lowest BCUT2D eigenvalue weighted by Crippen LogP contribution is -2.48. The molecule has 3 aliphatic rings. The molecule has 3 amide bonds. The fourth-order valence-electron chi connectivity index (χ4n) is 6.77. The molecule has 5 rings (SSSR count). The number of hydrogen-bond acceptors (Lipinski definition) is 6. The van der Waals surface area contributed by atoms with Crippen LogP contribution in [0, 0.1) is 5.92 Å². The Morgan fingerprint density at radius 3 is 2.60 bits per heavy atom. The van der Waals surface area contributed by atoms with Crippen LogP contribution >= 0.6 is 0 Å². The second-order valence-electron chi connectivity index (χ2n) is 13.2. The maximum Gasteiger partial charge on any atom is 0.264 e. The molecule has 0 bridgehead atoms. The van der Waals surface area contributed by atoms with Crippen LogP contribution in [0.1, 0.15) is 63.6 Å². The number of amides is 3. The molecule has 3 N–H and O–H groups in total. The standard InChI is InChI=1S/C38H48N4O5/c1-26(2)9-7-10-27(3)17-19-41-34-16-15-31(40-20-18-39-23-36(40)45)22-33(34)38(47,37(41)46)28(4)11-8-14-35(44)42-24-30-13-6-5-12-29(30)21-32(42)25-43/h5-6,8-9,11-13,15-17,22,28,32,39,43,47H,7,10,14,18-21,23-25H2,1-4H3/b11-8+,27-17+/t28-,32+,38+/m1/s1. The summed E-state index contributed by atoms with van der Waals surface area (Å²) < 4.78 is 0. The number of hydrogen-bond donors (Lipinski definition) is 3. The summed E-state index contributed by atoms with van der Waals surface area (Å²) in [5, 5.41) is 25.4. The van der Waals surface area contributed by atoms with Crippen LogP contribution in [-0.4, -0.2) is 71.7 Å². The van der Waals surface area contributed by atoms with E-state index in [0.29, 0.717) is 49.5 Å². The van der Waals surface area contributed by atoms with Crippen molar-refractivity contribution in [3.05, 3.63) is 94.6 Å². The highest BCUT2D eigenvalue weighted by Crippen LogP contribution is 2.46. The van der Waals surface area contributed by atoms with Crippen molar-refractivity contribution in [1.29, 1.82) is 0 Å². The molecule has 0 aromatic heterocycles. The number of carbonyl (C=O) groups is 3. The van der Waals surface area contributed by atoms with Crippen molar-refractivity contribution < 1.29 is 24.6 Å². The van der Waals surface area contributed by atoms with Gasteiger partial charge in [-0.15, -0.1) is 0 Å². The van der Waals surface area contributed by atoms with Gasteiger partial charge in [-0.25, -0.2) is 0 Å². The number of fused-ring (bicyclic) bond motifs is 2. The summed E-state index contributed by atoms with van der Waals surface area (Å²) in [6.07, 6.45) is 10.1. The third-order valence-electron chi connectivity index (χ3n) is 9.63. The van der Waals surface area contributed by atoms with Crippen LogP contribution in [0.15, 0.2) is 77.9 Å². The summed E-state index contributed by atoms with van der Waals surface area (Å²) in [5.41, 5.74) is 4.47. The normalized spacial score (nSPS) is 22.0. The minimum atomic E-state index is -1.89. The molecule has 0 spiro atoms. The SMILES string of the molecule is CC(C)=CCC/C(C)=C/CN1C(=O)[C@](O)([C@H](C)/C=C/CC(=O)N2Cc3ccccc3C[C@H]2CO)c2cc(N3CCNCC3=O)ccc21. The zero-order valence-electron chi connectivity index (χ0n) is 28.0. The number of nitrogens with zero attached hydrogens (tertiary/aromatic N) is 3. The molecule has 9 heteroatoms. The van der Waals surface area contributed by atoms with Crippen LogP contribution in [0.25, 0.3) is 0 Å². The van der Waals surface area contributed by atoms with E-state index in [-0.39, 0.29) is 37.4 Å². The van der Waals surface area contributed by atoms with E-state index in [4.69, 9.17) is 0 Å². The monoisotopic (exact) mass is 640 g/mol. The third-order valence-corrected chi connectivity index (χ3v) is 9.63. The highest BCUT2D eigenvalue weighted by atomic mass is 16.3. The molecular weight excluding hydrogens is 592 g/mol. The summed E-state index contributed by atoms with van der Waals surface area (Å²) in [6.45, 7) is 9.99. The van der Waals surface area contributed by atoms with Crippen molar-refractivity contribution in [3.63, 3.8) is 0 Å². The lowest BCUT2D eigenvalue weighted by molar-refractivity contribution is -0.139. The van der Waals surface area contributed by atoms with Crippen LogP contribution in [0.4, 0.5) is 11.4 Å². The second kappa shape index (κ2) is 14.8. The maximum absolute atomic E-state index is 14.1. The molecule has 0 radical (unpaired) electrons. The van der Waals surface area contributed by atoms with Gasteiger partial charge in [0.25, 0.3) is 5.91 Å². The first-order valence-corrected chi connectivity index (χ1v) is 16.7. The van der Waals surface area contributed by atoms with Gasteiger partial charge in [-0.2, -0.15) is 0 Å². The van der Waals surface area contributed by atoms with Crippen molar-refractivity contribution in [3.8, 4) is 0 Å². The average molecular weight is 641 g/mol. The number of allylic oxidation sites excluding steroid dienone is 3. The van der Waals surface area contributed by atoms with Gasteiger partial charge in [0, 0.05) is 49.8 Å². The fraction of sp³-hybridized carbons (Fsp3) is 0.447. The quantitative estimate of drug-likeness (QED) is 0.315. The topological polar surface area (TPSA) is 113 Å². The van der Waals surface area contributed by atoms with Gasteiger partial charge in [0.2, 0.25) is 11.8 Å². The van der Waals surface area contributed by atoms with E-state index in [2.05, 4.69) is 32.2 Å². The maximum atomic E-state index is 14.1. The molecule has 0 aliphatic carbocycles. The predicted molar refractivity (Wildman–Crippen MR) is 185 cm³/mol. The summed E-state index contributed by atoms with van der Waals surface area (Å²) in [5.74, 6) is -1.29. The lowest BCUT2D eigenvalue weighted by atomic mass is 9.82. The minimum absolute atomic E-state index is 0.0659. The van der Waals surface area contributed by atoms with Gasteiger partial charge in [0.15, 0.2) is 5.60 Å². The Morgan fingerprint density at radius 2 is 1.87 bits per heavy atom. The molecular formula is C38H48N4O5. The molecule has 3 atom stereocenters. The summed E-state index contributed by atoms with van der Waals surface area (Å²) in [6, 6.07) is 13.1. The van der Waals surface area contributed by atoms with Crippen molar-refractivity contribution in [1.82, 2.24) is 10.2 Å². The van der Waals surface area contributed by atoms with Gasteiger partial charge >= 0.3 is 0 Å². The number of aliphatic hydroxyl groups is 2. The summed E-state index contributed by atoms with van der Waals surface area (Å²) >= 11 is 0. The van der Waals surface area contributed by atoms with Gasteiger partial charge in [0.05, 0.1) is 24.9 Å². The van der Waals surface area contributed by atoms with E-state index in [1.165, 1.54) is 5.57 Å². The molecule has 250 valence electrons. The molecule has 3 aliphatic heterocycles. The Morgan fingerprint density at radius 1 is 1.11 bits per heavy atom. The van der Waals surface area contributed by atoms with Crippen LogP contribution in [0.3, 0.4) is 0 Å². The Kier molecular flexibility index (Phi) is 10.8. The fourth-order valence-corrected chi connectivity index (χ4v) is 6.77. The van der Waals surface area contributed by atoms with Crippen LogP contribution in [0.5, 0.6) is 0 Å². The van der Waals surface area contributed by atoms with Gasteiger partial charge in [-0.1, -0.05) is 66.6 Å². The molecule has 1 saturated heterocycles. The van der Waals surface area contributed by atoms with Gasteiger partial charge < -0.3 is 30.2 Å². The first kappa shape index (κ1) is 34.3. The largest absolute Gasteiger partial charge is 0.394 e. The molecule has 3 heterocycles. The molecule has 2 aromatic rings. The van der Waals surface area contributed by atoms with Crippen molar-refractivity contribution in [2.75, 3.05) is 42.6 Å². The molecule has 1 fully saturated rings. The number of nitrogens with one attached hydrogen (secondary N) is 1. The van der Waals surface area contributed by atoms with Gasteiger partial charge in [-0.3, -0.25) is 14.4 Å². The zero-order valence-corrected chi connectivity index (χ0v) is 28.0. The predicted octanol–water partition coefficient (Wildman–Crippen LogP) is 4.38. The Hall–Kier alpha value is -4.05. The Labute approximate surface area is 278 Å². The van der Waals surface area contributed by atoms with Gasteiger partial charge in [-0.05, 0) is 69.4 Å². The smallest absolute Gasteiger partial charge is 0.264 e.